The zero-order valence-electron chi connectivity index (χ0n) is 10.4. The summed E-state index contributed by atoms with van der Waals surface area (Å²) in [5, 5.41) is 3.05. The van der Waals surface area contributed by atoms with E-state index in [0.717, 1.165) is 25.5 Å². The zero-order valence-corrected chi connectivity index (χ0v) is 10.4. The van der Waals surface area contributed by atoms with Crippen LogP contribution in [0.4, 0.5) is 5.95 Å². The molecule has 1 aromatic heterocycles. The lowest BCUT2D eigenvalue weighted by Crippen LogP contribution is -2.05. The summed E-state index contributed by atoms with van der Waals surface area (Å²) in [4.78, 5) is 8.32. The largest absolute Gasteiger partial charge is 0.478 e. The van der Waals surface area contributed by atoms with E-state index >= 15 is 0 Å². The number of rotatable bonds is 7. The highest BCUT2D eigenvalue weighted by molar-refractivity contribution is 5.26. The molecule has 0 atom stereocenters. The Morgan fingerprint density at radius 2 is 2.25 bits per heavy atom. The second-order valence-electron chi connectivity index (χ2n) is 4.13. The van der Waals surface area contributed by atoms with Crippen molar-refractivity contribution in [2.24, 2.45) is 5.92 Å². The van der Waals surface area contributed by atoms with E-state index in [9.17, 15) is 0 Å². The van der Waals surface area contributed by atoms with Crippen LogP contribution in [0.15, 0.2) is 12.3 Å². The molecule has 90 valence electrons. The van der Waals surface area contributed by atoms with Crippen LogP contribution >= 0.6 is 0 Å². The van der Waals surface area contributed by atoms with Crippen LogP contribution in [-0.2, 0) is 0 Å². The first-order valence-corrected chi connectivity index (χ1v) is 5.92. The molecule has 0 amide bonds. The molecule has 1 heterocycles. The van der Waals surface area contributed by atoms with Crippen molar-refractivity contribution in [1.82, 2.24) is 9.97 Å². The molecule has 1 aromatic rings. The molecule has 1 rings (SSSR count). The number of hydrogen-bond donors (Lipinski definition) is 1. The van der Waals surface area contributed by atoms with Gasteiger partial charge in [-0.1, -0.05) is 13.8 Å². The molecular formula is C12H21N3O. The second-order valence-corrected chi connectivity index (χ2v) is 4.13. The molecule has 0 spiro atoms. The standard InChI is InChI=1S/C12H21N3O/c1-4-13-12-14-8-7-11(15-12)16-9-5-6-10(2)3/h7-8,10H,4-6,9H2,1-3H3,(H,13,14,15). The SMILES string of the molecule is CCNc1nccc(OCCCC(C)C)n1. The monoisotopic (exact) mass is 223 g/mol. The van der Waals surface area contributed by atoms with Gasteiger partial charge in [-0.3, -0.25) is 0 Å². The van der Waals surface area contributed by atoms with Crippen molar-refractivity contribution in [3.63, 3.8) is 0 Å². The predicted octanol–water partition coefficient (Wildman–Crippen LogP) is 2.72. The first-order chi connectivity index (χ1) is 7.72. The summed E-state index contributed by atoms with van der Waals surface area (Å²) in [5.74, 6) is 2.00. The smallest absolute Gasteiger partial charge is 0.225 e. The van der Waals surface area contributed by atoms with Gasteiger partial charge in [0.05, 0.1) is 6.61 Å². The molecule has 1 N–H and O–H groups in total. The highest BCUT2D eigenvalue weighted by atomic mass is 16.5. The van der Waals surface area contributed by atoms with E-state index in [4.69, 9.17) is 4.74 Å². The molecule has 0 unspecified atom stereocenters. The Kier molecular flexibility index (Phi) is 5.61. The van der Waals surface area contributed by atoms with Crippen molar-refractivity contribution in [3.8, 4) is 5.88 Å². The van der Waals surface area contributed by atoms with Crippen LogP contribution in [0.2, 0.25) is 0 Å². The minimum Gasteiger partial charge on any atom is -0.478 e. The summed E-state index contributed by atoms with van der Waals surface area (Å²) in [6.45, 7) is 7.99. The summed E-state index contributed by atoms with van der Waals surface area (Å²) in [7, 11) is 0. The van der Waals surface area contributed by atoms with Gasteiger partial charge in [-0.25, -0.2) is 4.98 Å². The maximum Gasteiger partial charge on any atom is 0.225 e. The van der Waals surface area contributed by atoms with Crippen molar-refractivity contribution in [1.29, 1.82) is 0 Å². The van der Waals surface area contributed by atoms with Gasteiger partial charge >= 0.3 is 0 Å². The van der Waals surface area contributed by atoms with Gasteiger partial charge < -0.3 is 10.1 Å². The Morgan fingerprint density at radius 3 is 2.94 bits per heavy atom. The number of hydrogen-bond acceptors (Lipinski definition) is 4. The summed E-state index contributed by atoms with van der Waals surface area (Å²) >= 11 is 0. The van der Waals surface area contributed by atoms with Crippen LogP contribution in [0.25, 0.3) is 0 Å². The highest BCUT2D eigenvalue weighted by Crippen LogP contribution is 2.10. The van der Waals surface area contributed by atoms with Gasteiger partial charge in [0.1, 0.15) is 0 Å². The number of ether oxygens (including phenoxy) is 1. The fraction of sp³-hybridized carbons (Fsp3) is 0.667. The predicted molar refractivity (Wildman–Crippen MR) is 65.8 cm³/mol. The van der Waals surface area contributed by atoms with Gasteiger partial charge in [-0.2, -0.15) is 4.98 Å². The summed E-state index contributed by atoms with van der Waals surface area (Å²) in [5.41, 5.74) is 0. The maximum absolute atomic E-state index is 5.55. The second kappa shape index (κ2) is 7.04. The van der Waals surface area contributed by atoms with Gasteiger partial charge in [-0.05, 0) is 25.7 Å². The first-order valence-electron chi connectivity index (χ1n) is 5.92. The van der Waals surface area contributed by atoms with Gasteiger partial charge in [0, 0.05) is 18.8 Å². The average Bonchev–Trinajstić information content (AvgIpc) is 2.25. The van der Waals surface area contributed by atoms with E-state index in [2.05, 4.69) is 29.1 Å². The average molecular weight is 223 g/mol. The van der Waals surface area contributed by atoms with Crippen LogP contribution in [-0.4, -0.2) is 23.1 Å². The van der Waals surface area contributed by atoms with Crippen LogP contribution in [0, 0.1) is 5.92 Å². The van der Waals surface area contributed by atoms with Crippen molar-refractivity contribution in [2.45, 2.75) is 33.6 Å². The van der Waals surface area contributed by atoms with Gasteiger partial charge in [-0.15, -0.1) is 0 Å². The molecule has 0 fully saturated rings. The van der Waals surface area contributed by atoms with Gasteiger partial charge in [0.15, 0.2) is 0 Å². The minimum atomic E-state index is 0.629. The molecule has 4 nitrogen and oxygen atoms in total. The molecule has 16 heavy (non-hydrogen) atoms. The maximum atomic E-state index is 5.55. The van der Waals surface area contributed by atoms with Gasteiger partial charge in [0.25, 0.3) is 0 Å². The molecule has 0 aliphatic rings. The topological polar surface area (TPSA) is 47.0 Å². The van der Waals surface area contributed by atoms with Crippen LogP contribution < -0.4 is 10.1 Å². The summed E-state index contributed by atoms with van der Waals surface area (Å²) < 4.78 is 5.55. The van der Waals surface area contributed by atoms with E-state index in [1.54, 1.807) is 12.3 Å². The van der Waals surface area contributed by atoms with E-state index < -0.39 is 0 Å². The number of nitrogens with one attached hydrogen (secondary N) is 1. The van der Waals surface area contributed by atoms with Crippen LogP contribution in [0.1, 0.15) is 33.6 Å². The van der Waals surface area contributed by atoms with E-state index in [0.29, 0.717) is 11.8 Å². The van der Waals surface area contributed by atoms with Crippen molar-refractivity contribution in [3.05, 3.63) is 12.3 Å². The lowest BCUT2D eigenvalue weighted by molar-refractivity contribution is 0.287. The van der Waals surface area contributed by atoms with E-state index in [1.165, 1.54) is 6.42 Å². The molecule has 0 radical (unpaired) electrons. The third-order valence-corrected chi connectivity index (χ3v) is 2.14. The number of aromatic nitrogens is 2. The van der Waals surface area contributed by atoms with Gasteiger partial charge in [0.2, 0.25) is 11.8 Å². The Balaban J connectivity index is 2.33. The van der Waals surface area contributed by atoms with E-state index in [-0.39, 0.29) is 0 Å². The normalized spacial score (nSPS) is 10.5. The fourth-order valence-corrected chi connectivity index (χ4v) is 1.33. The first kappa shape index (κ1) is 12.7. The molecular weight excluding hydrogens is 202 g/mol. The Labute approximate surface area is 97.5 Å². The summed E-state index contributed by atoms with van der Waals surface area (Å²) in [6.07, 6.45) is 3.96. The van der Waals surface area contributed by atoms with Crippen LogP contribution in [0.5, 0.6) is 5.88 Å². The highest BCUT2D eigenvalue weighted by Gasteiger charge is 1.99. The Morgan fingerprint density at radius 1 is 1.44 bits per heavy atom. The van der Waals surface area contributed by atoms with Crippen LogP contribution in [0.3, 0.4) is 0 Å². The van der Waals surface area contributed by atoms with E-state index in [1.807, 2.05) is 6.92 Å². The molecule has 0 aliphatic heterocycles. The Hall–Kier alpha value is -1.32. The molecule has 0 aliphatic carbocycles. The molecule has 0 aromatic carbocycles. The lowest BCUT2D eigenvalue weighted by Gasteiger charge is -2.07. The molecule has 4 heteroatoms. The van der Waals surface area contributed by atoms with Crippen molar-refractivity contribution in [2.75, 3.05) is 18.5 Å². The minimum absolute atomic E-state index is 0.629. The molecule has 0 bridgehead atoms. The number of anilines is 1. The van der Waals surface area contributed by atoms with Crippen molar-refractivity contribution >= 4 is 5.95 Å². The lowest BCUT2D eigenvalue weighted by atomic mass is 10.1. The third-order valence-electron chi connectivity index (χ3n) is 2.14. The van der Waals surface area contributed by atoms with Crippen molar-refractivity contribution < 1.29 is 4.74 Å². The fourth-order valence-electron chi connectivity index (χ4n) is 1.33. The molecule has 0 saturated carbocycles. The number of nitrogens with zero attached hydrogens (tertiary/aromatic N) is 2. The zero-order chi connectivity index (χ0) is 11.8. The molecule has 0 saturated heterocycles. The summed E-state index contributed by atoms with van der Waals surface area (Å²) in [6, 6.07) is 1.79. The quantitative estimate of drug-likeness (QED) is 0.722. The third kappa shape index (κ3) is 4.96. The Bertz CT molecular complexity index is 302.